The zero-order valence-corrected chi connectivity index (χ0v) is 13.1. The van der Waals surface area contributed by atoms with Gasteiger partial charge < -0.3 is 19.7 Å². The molecule has 1 heterocycles. The van der Waals surface area contributed by atoms with Gasteiger partial charge in [0, 0.05) is 18.8 Å². The summed E-state index contributed by atoms with van der Waals surface area (Å²) in [7, 11) is 3.07. The Morgan fingerprint density at radius 2 is 1.86 bits per heavy atom. The van der Waals surface area contributed by atoms with Crippen molar-refractivity contribution in [2.45, 2.75) is 12.8 Å². The molecule has 1 aromatic carbocycles. The standard InChI is InChI=1S/C15H20N2O3S/c1-19-13-5-3-12(4-6-13)16-15(21)17-9-7-11(8-10-17)14(18)20-2/h3-6,11H,7-10H2,1-2H3,(H,16,21). The van der Waals surface area contributed by atoms with E-state index >= 15 is 0 Å². The van der Waals surface area contributed by atoms with Gasteiger partial charge in [0.15, 0.2) is 5.11 Å². The van der Waals surface area contributed by atoms with Crippen LogP contribution in [0.2, 0.25) is 0 Å². The van der Waals surface area contributed by atoms with E-state index in [4.69, 9.17) is 21.7 Å². The van der Waals surface area contributed by atoms with Crippen molar-refractivity contribution in [2.24, 2.45) is 5.92 Å². The number of hydrogen-bond acceptors (Lipinski definition) is 4. The fraction of sp³-hybridized carbons (Fsp3) is 0.467. The summed E-state index contributed by atoms with van der Waals surface area (Å²) in [4.78, 5) is 13.6. The Bertz CT molecular complexity index is 496. The second-order valence-corrected chi connectivity index (χ2v) is 5.33. The molecule has 1 aliphatic heterocycles. The maximum absolute atomic E-state index is 11.5. The number of thiocarbonyl (C=S) groups is 1. The van der Waals surface area contributed by atoms with Crippen LogP contribution in [0.3, 0.4) is 0 Å². The van der Waals surface area contributed by atoms with E-state index in [0.717, 1.165) is 37.4 Å². The van der Waals surface area contributed by atoms with E-state index < -0.39 is 0 Å². The molecule has 21 heavy (non-hydrogen) atoms. The smallest absolute Gasteiger partial charge is 0.308 e. The first kappa shape index (κ1) is 15.6. The number of anilines is 1. The number of esters is 1. The van der Waals surface area contributed by atoms with Crippen LogP contribution in [0.5, 0.6) is 5.75 Å². The van der Waals surface area contributed by atoms with Gasteiger partial charge in [-0.25, -0.2) is 0 Å². The normalized spacial score (nSPS) is 15.4. The predicted molar refractivity (Wildman–Crippen MR) is 85.5 cm³/mol. The van der Waals surface area contributed by atoms with Crippen LogP contribution in [0.15, 0.2) is 24.3 Å². The summed E-state index contributed by atoms with van der Waals surface area (Å²) in [5, 5.41) is 3.89. The largest absolute Gasteiger partial charge is 0.497 e. The Balaban J connectivity index is 1.85. The molecule has 0 amide bonds. The lowest BCUT2D eigenvalue weighted by Crippen LogP contribution is -2.42. The van der Waals surface area contributed by atoms with Crippen molar-refractivity contribution < 1.29 is 14.3 Å². The number of nitrogens with one attached hydrogen (secondary N) is 1. The third-order valence-corrected chi connectivity index (χ3v) is 4.02. The number of nitrogens with zero attached hydrogens (tertiary/aromatic N) is 1. The fourth-order valence-corrected chi connectivity index (χ4v) is 2.66. The number of hydrogen-bond donors (Lipinski definition) is 1. The van der Waals surface area contributed by atoms with Gasteiger partial charge in [0.1, 0.15) is 5.75 Å². The number of carbonyl (C=O) groups is 1. The molecule has 114 valence electrons. The third kappa shape index (κ3) is 4.07. The summed E-state index contributed by atoms with van der Waals surface area (Å²) in [6.45, 7) is 1.53. The van der Waals surface area contributed by atoms with E-state index in [-0.39, 0.29) is 11.9 Å². The summed E-state index contributed by atoms with van der Waals surface area (Å²) < 4.78 is 9.91. The lowest BCUT2D eigenvalue weighted by molar-refractivity contribution is -0.146. The molecule has 1 fully saturated rings. The average Bonchev–Trinajstić information content (AvgIpc) is 2.55. The molecule has 1 N–H and O–H groups in total. The van der Waals surface area contributed by atoms with Crippen molar-refractivity contribution in [1.82, 2.24) is 4.90 Å². The molecule has 0 bridgehead atoms. The van der Waals surface area contributed by atoms with E-state index in [1.54, 1.807) is 7.11 Å². The molecule has 0 radical (unpaired) electrons. The van der Waals surface area contributed by atoms with E-state index in [1.807, 2.05) is 24.3 Å². The van der Waals surface area contributed by atoms with Gasteiger partial charge in [-0.05, 0) is 49.3 Å². The molecular formula is C15H20N2O3S. The number of piperidine rings is 1. The van der Waals surface area contributed by atoms with E-state index in [1.165, 1.54) is 7.11 Å². The number of likely N-dealkylation sites (tertiary alicyclic amines) is 1. The van der Waals surface area contributed by atoms with Gasteiger partial charge in [-0.1, -0.05) is 0 Å². The molecule has 0 spiro atoms. The van der Waals surface area contributed by atoms with Crippen molar-refractivity contribution in [1.29, 1.82) is 0 Å². The number of rotatable bonds is 3. The third-order valence-electron chi connectivity index (χ3n) is 3.66. The van der Waals surface area contributed by atoms with E-state index in [9.17, 15) is 4.79 Å². The van der Waals surface area contributed by atoms with Gasteiger partial charge in [0.25, 0.3) is 0 Å². The predicted octanol–water partition coefficient (Wildman–Crippen LogP) is 2.28. The van der Waals surface area contributed by atoms with Crippen molar-refractivity contribution >= 4 is 29.0 Å². The average molecular weight is 308 g/mol. The first-order chi connectivity index (χ1) is 10.1. The van der Waals surface area contributed by atoms with Crippen LogP contribution in [-0.2, 0) is 9.53 Å². The van der Waals surface area contributed by atoms with Gasteiger partial charge in [-0.15, -0.1) is 0 Å². The minimum Gasteiger partial charge on any atom is -0.497 e. The topological polar surface area (TPSA) is 50.8 Å². The van der Waals surface area contributed by atoms with Crippen molar-refractivity contribution in [3.8, 4) is 5.75 Å². The number of carbonyl (C=O) groups excluding carboxylic acids is 1. The summed E-state index contributed by atoms with van der Waals surface area (Å²) in [5.41, 5.74) is 0.927. The van der Waals surface area contributed by atoms with Crippen LogP contribution in [0.1, 0.15) is 12.8 Å². The molecule has 1 aliphatic rings. The SMILES string of the molecule is COC(=O)C1CCN(C(=S)Nc2ccc(OC)cc2)CC1. The van der Waals surface area contributed by atoms with E-state index in [2.05, 4.69) is 10.2 Å². The Morgan fingerprint density at radius 3 is 2.38 bits per heavy atom. The number of benzene rings is 1. The summed E-state index contributed by atoms with van der Waals surface area (Å²) in [6, 6.07) is 7.61. The zero-order valence-electron chi connectivity index (χ0n) is 12.3. The van der Waals surface area contributed by atoms with Crippen molar-refractivity contribution in [3.63, 3.8) is 0 Å². The quantitative estimate of drug-likeness (QED) is 0.683. The Labute approximate surface area is 130 Å². The highest BCUT2D eigenvalue weighted by Crippen LogP contribution is 2.20. The van der Waals surface area contributed by atoms with Crippen molar-refractivity contribution in [2.75, 3.05) is 32.6 Å². The molecule has 2 rings (SSSR count). The monoisotopic (exact) mass is 308 g/mol. The Hall–Kier alpha value is -1.82. The molecule has 0 aliphatic carbocycles. The second kappa shape index (κ2) is 7.26. The van der Waals surface area contributed by atoms with Gasteiger partial charge >= 0.3 is 5.97 Å². The summed E-state index contributed by atoms with van der Waals surface area (Å²) in [6.07, 6.45) is 1.55. The highest BCUT2D eigenvalue weighted by Gasteiger charge is 2.26. The minimum absolute atomic E-state index is 0.00460. The first-order valence-corrected chi connectivity index (χ1v) is 7.32. The van der Waals surface area contributed by atoms with Crippen molar-refractivity contribution in [3.05, 3.63) is 24.3 Å². The van der Waals surface area contributed by atoms with Crippen LogP contribution < -0.4 is 10.1 Å². The number of methoxy groups -OCH3 is 2. The molecule has 1 saturated heterocycles. The highest BCUT2D eigenvalue weighted by molar-refractivity contribution is 7.80. The van der Waals surface area contributed by atoms with Crippen LogP contribution >= 0.6 is 12.2 Å². The maximum atomic E-state index is 11.5. The van der Waals surface area contributed by atoms with Gasteiger partial charge in [0.2, 0.25) is 0 Å². The van der Waals surface area contributed by atoms with Gasteiger partial charge in [-0.3, -0.25) is 4.79 Å². The molecule has 0 unspecified atom stereocenters. The Morgan fingerprint density at radius 1 is 1.24 bits per heavy atom. The van der Waals surface area contributed by atoms with Crippen LogP contribution in [0.4, 0.5) is 5.69 Å². The zero-order chi connectivity index (χ0) is 15.2. The molecule has 0 saturated carbocycles. The lowest BCUT2D eigenvalue weighted by atomic mass is 9.97. The van der Waals surface area contributed by atoms with Crippen LogP contribution in [0, 0.1) is 5.92 Å². The second-order valence-electron chi connectivity index (χ2n) is 4.94. The molecule has 6 heteroatoms. The maximum Gasteiger partial charge on any atom is 0.308 e. The molecule has 1 aromatic rings. The molecular weight excluding hydrogens is 288 g/mol. The number of ether oxygens (including phenoxy) is 2. The van der Waals surface area contributed by atoms with Crippen LogP contribution in [0.25, 0.3) is 0 Å². The van der Waals surface area contributed by atoms with Gasteiger partial charge in [-0.2, -0.15) is 0 Å². The minimum atomic E-state index is -0.122. The molecule has 0 aromatic heterocycles. The summed E-state index contributed by atoms with van der Waals surface area (Å²) >= 11 is 5.42. The van der Waals surface area contributed by atoms with Gasteiger partial charge in [0.05, 0.1) is 20.1 Å². The Kier molecular flexibility index (Phi) is 5.38. The molecule has 0 atom stereocenters. The highest BCUT2D eigenvalue weighted by atomic mass is 32.1. The van der Waals surface area contributed by atoms with Crippen LogP contribution in [-0.4, -0.2) is 43.3 Å². The fourth-order valence-electron chi connectivity index (χ4n) is 2.36. The lowest BCUT2D eigenvalue weighted by Gasteiger charge is -2.32. The summed E-state index contributed by atoms with van der Waals surface area (Å²) in [5.74, 6) is 0.684. The van der Waals surface area contributed by atoms with E-state index in [0.29, 0.717) is 5.11 Å². The first-order valence-electron chi connectivity index (χ1n) is 6.92. The molecule has 5 nitrogen and oxygen atoms in total.